The van der Waals surface area contributed by atoms with Crippen LogP contribution in [0, 0.1) is 5.41 Å². The average Bonchev–Trinajstić information content (AvgIpc) is 3.11. The van der Waals surface area contributed by atoms with Crippen molar-refractivity contribution in [2.45, 2.75) is 150 Å². The van der Waals surface area contributed by atoms with Gasteiger partial charge in [-0.05, 0) is 73.9 Å². The van der Waals surface area contributed by atoms with E-state index in [1.165, 1.54) is 25.0 Å². The van der Waals surface area contributed by atoms with Crippen LogP contribution in [0.2, 0.25) is 0 Å². The van der Waals surface area contributed by atoms with E-state index in [0.717, 1.165) is 88.2 Å². The number of unbranched alkanes of at least 4 members (excludes halogenated alkanes) is 11. The predicted octanol–water partition coefficient (Wildman–Crippen LogP) is 8.10. The minimum atomic E-state index is -1.60. The summed E-state index contributed by atoms with van der Waals surface area (Å²) in [6.45, 7) is 8.30. The van der Waals surface area contributed by atoms with Gasteiger partial charge in [-0.1, -0.05) is 123 Å². The Morgan fingerprint density at radius 3 is 1.30 bits per heavy atom. The zero-order valence-electron chi connectivity index (χ0n) is 30.9. The molecule has 2 aromatic carbocycles. The lowest BCUT2D eigenvalue weighted by Crippen LogP contribution is -2.58. The molecule has 0 unspecified atom stereocenters. The Kier molecular flexibility index (Phi) is 19.7. The molecule has 0 atom stereocenters. The number of amides is 4. The standard InChI is InChI=1S/C40H62N4O6/c1-5-9-13-15-17-20-30-22-24-34(45)32(28-30)36(47)41-43-38(49)40(26-12-8-4,27-19-11-7-3)39(50)44-42-37(48)33-29-31(23-25-35(33)46)21-18-16-14-10-6-2/h22-25,28-29,45-46H,5-21,26-27H2,1-4H3,(H,41,47)(H,42,48)(H,43,49)(H,44,50). The highest BCUT2D eigenvalue weighted by molar-refractivity contribution is 6.07. The second kappa shape index (κ2) is 23.3. The smallest absolute Gasteiger partial charge is 0.273 e. The van der Waals surface area contributed by atoms with Gasteiger partial charge < -0.3 is 10.2 Å². The van der Waals surface area contributed by atoms with E-state index < -0.39 is 29.0 Å². The van der Waals surface area contributed by atoms with E-state index in [1.54, 1.807) is 24.3 Å². The van der Waals surface area contributed by atoms with Gasteiger partial charge >= 0.3 is 0 Å². The topological polar surface area (TPSA) is 157 Å². The van der Waals surface area contributed by atoms with E-state index in [0.29, 0.717) is 19.3 Å². The maximum absolute atomic E-state index is 13.9. The monoisotopic (exact) mass is 694 g/mol. The van der Waals surface area contributed by atoms with Crippen molar-refractivity contribution in [2.24, 2.45) is 5.41 Å². The SMILES string of the molecule is CCCCCCCc1ccc(O)c(C(=O)NNC(=O)C(CCCC)(CCCCC)C(=O)NNC(=O)c2cc(CCCCCCC)ccc2O)c1. The maximum Gasteiger partial charge on any atom is 0.273 e. The Morgan fingerprint density at radius 1 is 0.500 bits per heavy atom. The van der Waals surface area contributed by atoms with Gasteiger partial charge in [0, 0.05) is 0 Å². The van der Waals surface area contributed by atoms with Crippen molar-refractivity contribution in [3.63, 3.8) is 0 Å². The molecule has 10 heteroatoms. The number of nitrogens with one attached hydrogen (secondary N) is 4. The molecule has 0 aliphatic carbocycles. The van der Waals surface area contributed by atoms with Crippen molar-refractivity contribution in [1.29, 1.82) is 0 Å². The molecule has 0 aliphatic heterocycles. The number of carbonyl (C=O) groups is 4. The molecule has 4 amide bonds. The first-order valence-corrected chi connectivity index (χ1v) is 19.0. The third kappa shape index (κ3) is 13.7. The predicted molar refractivity (Wildman–Crippen MR) is 198 cm³/mol. The molecule has 0 aliphatic rings. The van der Waals surface area contributed by atoms with E-state index in [2.05, 4.69) is 35.6 Å². The van der Waals surface area contributed by atoms with Gasteiger partial charge in [0.2, 0.25) is 0 Å². The highest BCUT2D eigenvalue weighted by Crippen LogP contribution is 2.33. The molecule has 0 saturated carbocycles. The van der Waals surface area contributed by atoms with Crippen LogP contribution in [0.5, 0.6) is 11.5 Å². The fourth-order valence-corrected chi connectivity index (χ4v) is 6.15. The van der Waals surface area contributed by atoms with Crippen LogP contribution in [0.4, 0.5) is 0 Å². The molecule has 0 heterocycles. The number of phenols is 2. The van der Waals surface area contributed by atoms with Crippen molar-refractivity contribution in [3.8, 4) is 11.5 Å². The quantitative estimate of drug-likeness (QED) is 0.0392. The summed E-state index contributed by atoms with van der Waals surface area (Å²) in [4.78, 5) is 54.2. The van der Waals surface area contributed by atoms with Crippen LogP contribution in [-0.2, 0) is 22.4 Å². The van der Waals surface area contributed by atoms with Gasteiger partial charge in [-0.15, -0.1) is 0 Å². The zero-order valence-corrected chi connectivity index (χ0v) is 30.9. The van der Waals surface area contributed by atoms with Gasteiger partial charge in [0.25, 0.3) is 23.6 Å². The Morgan fingerprint density at radius 2 is 0.880 bits per heavy atom. The van der Waals surface area contributed by atoms with Crippen molar-refractivity contribution >= 4 is 23.6 Å². The number of hydrogen-bond acceptors (Lipinski definition) is 6. The first kappa shape index (κ1) is 42.1. The first-order chi connectivity index (χ1) is 24.1. The van der Waals surface area contributed by atoms with Crippen molar-refractivity contribution < 1.29 is 29.4 Å². The maximum atomic E-state index is 13.9. The summed E-state index contributed by atoms with van der Waals surface area (Å²) in [5, 5.41) is 20.9. The van der Waals surface area contributed by atoms with Crippen LogP contribution < -0.4 is 21.7 Å². The molecule has 0 bridgehead atoms. The second-order valence-corrected chi connectivity index (χ2v) is 13.5. The second-order valence-electron chi connectivity index (χ2n) is 13.5. The summed E-state index contributed by atoms with van der Waals surface area (Å²) in [5.41, 5.74) is 10.0. The van der Waals surface area contributed by atoms with Crippen LogP contribution in [0.1, 0.15) is 169 Å². The molecule has 0 saturated heterocycles. The van der Waals surface area contributed by atoms with Gasteiger partial charge in [0.15, 0.2) is 0 Å². The minimum Gasteiger partial charge on any atom is -0.507 e. The zero-order chi connectivity index (χ0) is 36.8. The highest BCUT2D eigenvalue weighted by Gasteiger charge is 2.45. The largest absolute Gasteiger partial charge is 0.507 e. The lowest BCUT2D eigenvalue weighted by molar-refractivity contribution is -0.146. The Hall–Kier alpha value is -4.08. The van der Waals surface area contributed by atoms with Crippen LogP contribution in [-0.4, -0.2) is 33.8 Å². The Balaban J connectivity index is 2.18. The molecule has 0 radical (unpaired) electrons. The van der Waals surface area contributed by atoms with Crippen molar-refractivity contribution in [3.05, 3.63) is 58.7 Å². The summed E-state index contributed by atoms with van der Waals surface area (Å²) >= 11 is 0. The van der Waals surface area contributed by atoms with Crippen molar-refractivity contribution in [2.75, 3.05) is 0 Å². The number of hydrazine groups is 2. The number of rotatable bonds is 23. The molecule has 0 fully saturated rings. The normalized spacial score (nSPS) is 11.2. The summed E-state index contributed by atoms with van der Waals surface area (Å²) in [7, 11) is 0. The highest BCUT2D eigenvalue weighted by atomic mass is 16.3. The third-order valence-corrected chi connectivity index (χ3v) is 9.36. The minimum absolute atomic E-state index is 0.0289. The summed E-state index contributed by atoms with van der Waals surface area (Å²) in [6, 6.07) is 9.79. The van der Waals surface area contributed by atoms with Crippen LogP contribution in [0.15, 0.2) is 36.4 Å². The van der Waals surface area contributed by atoms with Crippen LogP contribution in [0.25, 0.3) is 0 Å². The fraction of sp³-hybridized carbons (Fsp3) is 0.600. The fourth-order valence-electron chi connectivity index (χ4n) is 6.15. The van der Waals surface area contributed by atoms with E-state index in [-0.39, 0.29) is 35.5 Å². The lowest BCUT2D eigenvalue weighted by Gasteiger charge is -2.31. The molecule has 10 nitrogen and oxygen atoms in total. The summed E-state index contributed by atoms with van der Waals surface area (Å²) < 4.78 is 0. The number of aryl methyl sites for hydroxylation is 2. The van der Waals surface area contributed by atoms with Crippen molar-refractivity contribution in [1.82, 2.24) is 21.7 Å². The van der Waals surface area contributed by atoms with E-state index in [9.17, 15) is 29.4 Å². The Bertz CT molecular complexity index is 1270. The molecular weight excluding hydrogens is 632 g/mol. The van der Waals surface area contributed by atoms with Gasteiger partial charge in [-0.2, -0.15) is 0 Å². The number of benzene rings is 2. The third-order valence-electron chi connectivity index (χ3n) is 9.36. The molecule has 2 rings (SSSR count). The molecule has 6 N–H and O–H groups in total. The van der Waals surface area contributed by atoms with E-state index in [4.69, 9.17) is 0 Å². The summed E-state index contributed by atoms with van der Waals surface area (Å²) in [6.07, 6.45) is 16.5. The van der Waals surface area contributed by atoms with Gasteiger partial charge in [-0.3, -0.25) is 40.9 Å². The molecule has 2 aromatic rings. The van der Waals surface area contributed by atoms with E-state index >= 15 is 0 Å². The number of hydrogen-bond donors (Lipinski definition) is 6. The number of phenolic OH excluding ortho intramolecular Hbond substituents is 2. The number of carbonyl (C=O) groups excluding carboxylic acids is 4. The number of aromatic hydroxyl groups is 2. The average molecular weight is 695 g/mol. The molecule has 50 heavy (non-hydrogen) atoms. The summed E-state index contributed by atoms with van der Waals surface area (Å²) in [5.74, 6) is -3.23. The molecule has 278 valence electrons. The first-order valence-electron chi connectivity index (χ1n) is 19.0. The van der Waals surface area contributed by atoms with E-state index in [1.807, 2.05) is 13.8 Å². The van der Waals surface area contributed by atoms with Crippen LogP contribution >= 0.6 is 0 Å². The van der Waals surface area contributed by atoms with Gasteiger partial charge in [-0.25, -0.2) is 0 Å². The lowest BCUT2D eigenvalue weighted by atomic mass is 9.76. The van der Waals surface area contributed by atoms with Gasteiger partial charge in [0.05, 0.1) is 11.1 Å². The molecular formula is C40H62N4O6. The Labute approximate surface area is 299 Å². The van der Waals surface area contributed by atoms with Gasteiger partial charge in [0.1, 0.15) is 16.9 Å². The van der Waals surface area contributed by atoms with Crippen LogP contribution in [0.3, 0.4) is 0 Å². The molecule has 0 spiro atoms. The molecule has 0 aromatic heterocycles.